The summed E-state index contributed by atoms with van der Waals surface area (Å²) in [5, 5.41) is 0. The molecule has 1 aromatic rings. The molecule has 0 radical (unpaired) electrons. The van der Waals surface area contributed by atoms with Gasteiger partial charge in [0.25, 0.3) is 0 Å². The molecule has 0 amide bonds. The van der Waals surface area contributed by atoms with Gasteiger partial charge < -0.3 is 10.5 Å². The van der Waals surface area contributed by atoms with Crippen molar-refractivity contribution in [3.8, 4) is 0 Å². The van der Waals surface area contributed by atoms with Gasteiger partial charge in [-0.05, 0) is 44.1 Å². The summed E-state index contributed by atoms with van der Waals surface area (Å²) < 4.78 is 5.88. The lowest BCUT2D eigenvalue weighted by Crippen LogP contribution is -2.54. The minimum absolute atomic E-state index is 0.0161. The van der Waals surface area contributed by atoms with Crippen molar-refractivity contribution in [1.29, 1.82) is 0 Å². The highest BCUT2D eigenvalue weighted by Gasteiger charge is 2.40. The van der Waals surface area contributed by atoms with Crippen LogP contribution in [0, 0.1) is 5.41 Å². The van der Waals surface area contributed by atoms with Gasteiger partial charge in [0.05, 0.1) is 12.1 Å². The molecule has 2 rings (SSSR count). The molecule has 0 spiro atoms. The van der Waals surface area contributed by atoms with Gasteiger partial charge in [-0.15, -0.1) is 0 Å². The largest absolute Gasteiger partial charge is 0.376 e. The van der Waals surface area contributed by atoms with Crippen molar-refractivity contribution in [3.63, 3.8) is 0 Å². The molecule has 18 heavy (non-hydrogen) atoms. The summed E-state index contributed by atoms with van der Waals surface area (Å²) >= 11 is 0. The maximum Gasteiger partial charge on any atom is 0.0745 e. The van der Waals surface area contributed by atoms with Crippen LogP contribution in [0.3, 0.4) is 0 Å². The Bertz CT molecular complexity index is 370. The van der Waals surface area contributed by atoms with E-state index in [0.717, 1.165) is 26.0 Å². The van der Waals surface area contributed by atoms with E-state index in [1.54, 1.807) is 0 Å². The molecular formula is C16H26NO+. The minimum Gasteiger partial charge on any atom is -0.376 e. The first-order chi connectivity index (χ1) is 8.55. The molecule has 1 aliphatic heterocycles. The van der Waals surface area contributed by atoms with Crippen molar-refractivity contribution < 1.29 is 10.5 Å². The molecule has 100 valence electrons. The summed E-state index contributed by atoms with van der Waals surface area (Å²) in [6, 6.07) is 10.8. The number of hydrogen-bond donors (Lipinski definition) is 1. The van der Waals surface area contributed by atoms with Gasteiger partial charge in [-0.1, -0.05) is 30.3 Å². The van der Waals surface area contributed by atoms with Crippen molar-refractivity contribution in [2.24, 2.45) is 5.41 Å². The summed E-state index contributed by atoms with van der Waals surface area (Å²) in [5.41, 5.74) is 5.92. The monoisotopic (exact) mass is 248 g/mol. The van der Waals surface area contributed by atoms with Gasteiger partial charge >= 0.3 is 0 Å². The van der Waals surface area contributed by atoms with Crippen LogP contribution in [0.25, 0.3) is 0 Å². The molecule has 1 heterocycles. The fourth-order valence-corrected chi connectivity index (χ4v) is 3.44. The van der Waals surface area contributed by atoms with Gasteiger partial charge in [-0.3, -0.25) is 0 Å². The minimum atomic E-state index is 0.0161. The summed E-state index contributed by atoms with van der Waals surface area (Å²) in [5.74, 6) is 0. The zero-order valence-electron chi connectivity index (χ0n) is 11.7. The lowest BCUT2D eigenvalue weighted by Gasteiger charge is -2.44. The molecule has 0 bridgehead atoms. The summed E-state index contributed by atoms with van der Waals surface area (Å²) in [6.45, 7) is 6.34. The van der Waals surface area contributed by atoms with E-state index in [1.807, 2.05) is 0 Å². The van der Waals surface area contributed by atoms with Crippen molar-refractivity contribution in [3.05, 3.63) is 35.9 Å². The Morgan fingerprint density at radius 2 is 1.94 bits per heavy atom. The van der Waals surface area contributed by atoms with Gasteiger partial charge in [0.1, 0.15) is 0 Å². The average Bonchev–Trinajstić information content (AvgIpc) is 2.29. The number of ether oxygens (including phenoxy) is 1. The van der Waals surface area contributed by atoms with E-state index >= 15 is 0 Å². The Morgan fingerprint density at radius 1 is 1.22 bits per heavy atom. The summed E-state index contributed by atoms with van der Waals surface area (Å²) in [7, 11) is 0. The molecule has 2 heteroatoms. The van der Waals surface area contributed by atoms with Crippen LogP contribution >= 0.6 is 0 Å². The maximum atomic E-state index is 5.88. The van der Waals surface area contributed by atoms with Gasteiger partial charge in [0, 0.05) is 13.0 Å². The van der Waals surface area contributed by atoms with Crippen LogP contribution in [-0.4, -0.2) is 18.8 Å². The lowest BCUT2D eigenvalue weighted by atomic mass is 9.68. The van der Waals surface area contributed by atoms with E-state index in [2.05, 4.69) is 49.9 Å². The highest BCUT2D eigenvalue weighted by atomic mass is 16.5. The fourth-order valence-electron chi connectivity index (χ4n) is 3.44. The molecule has 2 nitrogen and oxygen atoms in total. The van der Waals surface area contributed by atoms with Crippen molar-refractivity contribution in [2.45, 2.75) is 45.1 Å². The molecule has 0 aromatic heterocycles. The van der Waals surface area contributed by atoms with Crippen LogP contribution in [-0.2, 0) is 11.2 Å². The predicted molar refractivity (Wildman–Crippen MR) is 74.2 cm³/mol. The second-order valence-electron chi connectivity index (χ2n) is 6.30. The number of rotatable bonds is 4. The Labute approximate surface area is 111 Å². The highest BCUT2D eigenvalue weighted by molar-refractivity contribution is 5.17. The van der Waals surface area contributed by atoms with Crippen LogP contribution < -0.4 is 5.73 Å². The van der Waals surface area contributed by atoms with Crippen LogP contribution in [0.2, 0.25) is 0 Å². The standard InChI is InChI=1S/C16H25NO/c1-15(2)13-16(8-10-17,9-11-18-15)12-14-6-4-3-5-7-14/h3-7H,8-13,17H2,1-2H3/p+1/t16-/m1/s1. The number of quaternary nitrogens is 1. The molecule has 0 unspecified atom stereocenters. The van der Waals surface area contributed by atoms with Crippen molar-refractivity contribution in [2.75, 3.05) is 13.2 Å². The highest BCUT2D eigenvalue weighted by Crippen LogP contribution is 2.43. The van der Waals surface area contributed by atoms with Crippen LogP contribution in [0.15, 0.2) is 30.3 Å². The van der Waals surface area contributed by atoms with E-state index in [-0.39, 0.29) is 5.60 Å². The molecular weight excluding hydrogens is 222 g/mol. The first-order valence-corrected chi connectivity index (χ1v) is 7.02. The molecule has 1 atom stereocenters. The second-order valence-corrected chi connectivity index (χ2v) is 6.30. The topological polar surface area (TPSA) is 36.9 Å². The third kappa shape index (κ3) is 3.33. The first kappa shape index (κ1) is 13.6. The molecule has 1 aromatic carbocycles. The number of benzene rings is 1. The summed E-state index contributed by atoms with van der Waals surface area (Å²) in [4.78, 5) is 0. The summed E-state index contributed by atoms with van der Waals surface area (Å²) in [6.07, 6.45) is 4.68. The quantitative estimate of drug-likeness (QED) is 0.873. The second kappa shape index (κ2) is 5.41. The van der Waals surface area contributed by atoms with Gasteiger partial charge in [-0.25, -0.2) is 0 Å². The van der Waals surface area contributed by atoms with Crippen LogP contribution in [0.5, 0.6) is 0 Å². The van der Waals surface area contributed by atoms with Crippen molar-refractivity contribution in [1.82, 2.24) is 0 Å². The van der Waals surface area contributed by atoms with Gasteiger partial charge in [0.15, 0.2) is 0 Å². The molecule has 3 N–H and O–H groups in total. The first-order valence-electron chi connectivity index (χ1n) is 7.02. The fraction of sp³-hybridized carbons (Fsp3) is 0.625. The Balaban J connectivity index is 2.16. The zero-order valence-corrected chi connectivity index (χ0v) is 11.7. The molecule has 0 aliphatic carbocycles. The smallest absolute Gasteiger partial charge is 0.0745 e. The maximum absolute atomic E-state index is 5.88. The molecule has 0 saturated carbocycles. The van der Waals surface area contributed by atoms with E-state index in [4.69, 9.17) is 4.74 Å². The third-order valence-corrected chi connectivity index (χ3v) is 4.05. The van der Waals surface area contributed by atoms with Gasteiger partial charge in [-0.2, -0.15) is 0 Å². The van der Waals surface area contributed by atoms with E-state index < -0.39 is 0 Å². The normalized spacial score (nSPS) is 27.1. The van der Waals surface area contributed by atoms with Crippen LogP contribution in [0.1, 0.15) is 38.7 Å². The van der Waals surface area contributed by atoms with E-state index in [0.29, 0.717) is 5.41 Å². The zero-order chi connectivity index (χ0) is 13.1. The SMILES string of the molecule is CC1(C)C[C@@](CC[NH3+])(Cc2ccccc2)CCO1. The average molecular weight is 248 g/mol. The predicted octanol–water partition coefficient (Wildman–Crippen LogP) is 2.44. The van der Waals surface area contributed by atoms with Crippen LogP contribution in [0.4, 0.5) is 0 Å². The molecule has 1 aliphatic rings. The molecule has 1 fully saturated rings. The van der Waals surface area contributed by atoms with E-state index in [1.165, 1.54) is 18.4 Å². The van der Waals surface area contributed by atoms with Crippen molar-refractivity contribution >= 4 is 0 Å². The molecule has 1 saturated heterocycles. The Hall–Kier alpha value is -0.860. The third-order valence-electron chi connectivity index (χ3n) is 4.05. The number of hydrogen-bond acceptors (Lipinski definition) is 1. The lowest BCUT2D eigenvalue weighted by molar-refractivity contribution is -0.374. The Morgan fingerprint density at radius 3 is 2.56 bits per heavy atom. The van der Waals surface area contributed by atoms with E-state index in [9.17, 15) is 0 Å². The van der Waals surface area contributed by atoms with Gasteiger partial charge in [0.2, 0.25) is 0 Å². The Kier molecular flexibility index (Phi) is 4.08.